The molecule has 0 aliphatic rings. The molecular weight excluding hydrogens is 468 g/mol. The van der Waals surface area contributed by atoms with Crippen molar-refractivity contribution in [2.45, 2.75) is 0 Å². The number of esters is 1. The number of carbonyl (C=O) groups is 1. The lowest BCUT2D eigenvalue weighted by atomic mass is 10.1. The Hall–Kier alpha value is -4.55. The van der Waals surface area contributed by atoms with Gasteiger partial charge in [-0.15, -0.1) is 0 Å². The Kier molecular flexibility index (Phi) is 7.25. The molecule has 176 valence electrons. The highest BCUT2D eigenvalue weighted by Gasteiger charge is 2.14. The maximum atomic E-state index is 12.1. The summed E-state index contributed by atoms with van der Waals surface area (Å²) in [5, 5.41) is 0.668. The number of aromatic nitrogens is 1. The summed E-state index contributed by atoms with van der Waals surface area (Å²) in [4.78, 5) is 22.6. The fourth-order valence-corrected chi connectivity index (χ4v) is 4.45. The van der Waals surface area contributed by atoms with Crippen LogP contribution < -0.4 is 9.47 Å². The van der Waals surface area contributed by atoms with Crippen molar-refractivity contribution in [2.24, 2.45) is 4.99 Å². The standard InChI is InChI=1S/C30H22N2O3S/c33-27(21-34-25-14-8-3-9-15-25)35-26-18-16-22(17-19-26)20-31-30-32-28(23-10-4-1-5-11-23)29(36-30)24-12-6-2-7-13-24/h1-20H,21H2/b31-20+. The quantitative estimate of drug-likeness (QED) is 0.131. The van der Waals surface area contributed by atoms with E-state index in [0.29, 0.717) is 16.6 Å². The molecule has 0 unspecified atom stereocenters. The number of hydrogen-bond donors (Lipinski definition) is 0. The summed E-state index contributed by atoms with van der Waals surface area (Å²) in [6, 6.07) is 36.6. The number of benzene rings is 4. The van der Waals surface area contributed by atoms with Crippen LogP contribution in [-0.2, 0) is 4.79 Å². The van der Waals surface area contributed by atoms with Gasteiger partial charge in [0.25, 0.3) is 0 Å². The summed E-state index contributed by atoms with van der Waals surface area (Å²) in [7, 11) is 0. The molecular formula is C30H22N2O3S. The zero-order chi connectivity index (χ0) is 24.6. The molecule has 0 saturated carbocycles. The van der Waals surface area contributed by atoms with Gasteiger partial charge in [-0.2, -0.15) is 0 Å². The van der Waals surface area contributed by atoms with Crippen LogP contribution in [0.25, 0.3) is 21.7 Å². The lowest BCUT2D eigenvalue weighted by Gasteiger charge is -2.06. The van der Waals surface area contributed by atoms with E-state index in [1.807, 2.05) is 66.7 Å². The molecule has 0 spiro atoms. The van der Waals surface area contributed by atoms with Crippen molar-refractivity contribution in [2.75, 3.05) is 6.61 Å². The minimum absolute atomic E-state index is 0.162. The van der Waals surface area contributed by atoms with Crippen LogP contribution in [0.15, 0.2) is 120 Å². The van der Waals surface area contributed by atoms with Gasteiger partial charge < -0.3 is 9.47 Å². The van der Waals surface area contributed by atoms with Gasteiger partial charge in [-0.3, -0.25) is 0 Å². The maximum absolute atomic E-state index is 12.1. The third-order valence-electron chi connectivity index (χ3n) is 5.23. The van der Waals surface area contributed by atoms with Gasteiger partial charge in [-0.25, -0.2) is 14.8 Å². The van der Waals surface area contributed by atoms with Crippen LogP contribution in [0.4, 0.5) is 5.13 Å². The van der Waals surface area contributed by atoms with E-state index in [9.17, 15) is 4.79 Å². The smallest absolute Gasteiger partial charge is 0.349 e. The number of rotatable bonds is 8. The third kappa shape index (κ3) is 5.92. The molecule has 5 nitrogen and oxygen atoms in total. The van der Waals surface area contributed by atoms with Crippen molar-refractivity contribution in [3.63, 3.8) is 0 Å². The van der Waals surface area contributed by atoms with Gasteiger partial charge in [0, 0.05) is 11.8 Å². The van der Waals surface area contributed by atoms with Crippen molar-refractivity contribution in [3.05, 3.63) is 121 Å². The van der Waals surface area contributed by atoms with E-state index >= 15 is 0 Å². The average Bonchev–Trinajstić information content (AvgIpc) is 3.38. The molecule has 0 saturated heterocycles. The van der Waals surface area contributed by atoms with Crippen LogP contribution in [0.5, 0.6) is 11.5 Å². The van der Waals surface area contributed by atoms with E-state index in [1.165, 1.54) is 0 Å². The first kappa shape index (κ1) is 23.2. The molecule has 36 heavy (non-hydrogen) atoms. The van der Waals surface area contributed by atoms with Gasteiger partial charge in [0.2, 0.25) is 5.13 Å². The molecule has 1 aromatic heterocycles. The van der Waals surface area contributed by atoms with Gasteiger partial charge in [0.1, 0.15) is 11.5 Å². The van der Waals surface area contributed by atoms with Crippen molar-refractivity contribution in [3.8, 4) is 33.2 Å². The fraction of sp³-hybridized carbons (Fsp3) is 0.0333. The first-order valence-corrected chi connectivity index (χ1v) is 12.2. The Morgan fingerprint density at radius 3 is 2.03 bits per heavy atom. The maximum Gasteiger partial charge on any atom is 0.349 e. The Labute approximate surface area is 213 Å². The number of aliphatic imine (C=N–C) groups is 1. The average molecular weight is 491 g/mol. The van der Waals surface area contributed by atoms with E-state index in [1.54, 1.807) is 41.8 Å². The topological polar surface area (TPSA) is 60.8 Å². The molecule has 1 heterocycles. The molecule has 5 aromatic rings. The molecule has 0 aliphatic heterocycles. The van der Waals surface area contributed by atoms with Crippen molar-refractivity contribution in [1.29, 1.82) is 0 Å². The summed E-state index contributed by atoms with van der Waals surface area (Å²) in [6.07, 6.45) is 1.76. The Bertz CT molecular complexity index is 1390. The second-order valence-corrected chi connectivity index (χ2v) is 8.79. The van der Waals surface area contributed by atoms with E-state index in [4.69, 9.17) is 14.5 Å². The lowest BCUT2D eigenvalue weighted by molar-refractivity contribution is -0.136. The van der Waals surface area contributed by atoms with Crippen LogP contribution in [0, 0.1) is 0 Å². The van der Waals surface area contributed by atoms with Gasteiger partial charge >= 0.3 is 5.97 Å². The summed E-state index contributed by atoms with van der Waals surface area (Å²) >= 11 is 1.55. The molecule has 0 bridgehead atoms. The predicted molar refractivity (Wildman–Crippen MR) is 144 cm³/mol. The highest BCUT2D eigenvalue weighted by atomic mass is 32.1. The summed E-state index contributed by atoms with van der Waals surface area (Å²) in [6.45, 7) is -0.162. The van der Waals surface area contributed by atoms with E-state index in [2.05, 4.69) is 29.3 Å². The number of thiazole rings is 1. The minimum atomic E-state index is -0.468. The van der Waals surface area contributed by atoms with Crippen molar-refractivity contribution < 1.29 is 14.3 Å². The van der Waals surface area contributed by atoms with Crippen molar-refractivity contribution >= 4 is 28.7 Å². The minimum Gasteiger partial charge on any atom is -0.482 e. The Balaban J connectivity index is 1.27. The number of para-hydroxylation sites is 1. The summed E-state index contributed by atoms with van der Waals surface area (Å²) < 4.78 is 10.8. The summed E-state index contributed by atoms with van der Waals surface area (Å²) in [5.41, 5.74) is 3.95. The second-order valence-electron chi connectivity index (χ2n) is 7.81. The van der Waals surface area contributed by atoms with Gasteiger partial charge in [-0.1, -0.05) is 90.2 Å². The number of hydrogen-bond acceptors (Lipinski definition) is 6. The third-order valence-corrected chi connectivity index (χ3v) is 6.25. The number of carbonyl (C=O) groups excluding carboxylic acids is 1. The van der Waals surface area contributed by atoms with Gasteiger partial charge in [0.15, 0.2) is 6.61 Å². The molecule has 0 fully saturated rings. The molecule has 0 radical (unpaired) electrons. The highest BCUT2D eigenvalue weighted by Crippen LogP contribution is 2.39. The highest BCUT2D eigenvalue weighted by molar-refractivity contribution is 7.19. The molecule has 4 aromatic carbocycles. The monoisotopic (exact) mass is 490 g/mol. The van der Waals surface area contributed by atoms with Crippen LogP contribution in [-0.4, -0.2) is 23.8 Å². The first-order chi connectivity index (χ1) is 17.7. The number of nitrogens with zero attached hydrogens (tertiary/aromatic N) is 2. The van der Waals surface area contributed by atoms with Crippen molar-refractivity contribution in [1.82, 2.24) is 4.98 Å². The van der Waals surface area contributed by atoms with E-state index < -0.39 is 5.97 Å². The lowest BCUT2D eigenvalue weighted by Crippen LogP contribution is -2.17. The first-order valence-electron chi connectivity index (χ1n) is 11.4. The molecule has 0 N–H and O–H groups in total. The van der Waals surface area contributed by atoms with Gasteiger partial charge in [-0.05, 0) is 47.5 Å². The molecule has 0 amide bonds. The number of ether oxygens (including phenoxy) is 2. The Morgan fingerprint density at radius 2 is 1.36 bits per heavy atom. The van der Waals surface area contributed by atoms with Crippen LogP contribution in [0.1, 0.15) is 5.56 Å². The van der Waals surface area contributed by atoms with Gasteiger partial charge in [0.05, 0.1) is 10.6 Å². The largest absolute Gasteiger partial charge is 0.482 e. The van der Waals surface area contributed by atoms with Crippen LogP contribution >= 0.6 is 11.3 Å². The second kappa shape index (κ2) is 11.3. The molecule has 5 rings (SSSR count). The molecule has 0 aliphatic carbocycles. The SMILES string of the molecule is O=C(COc1ccccc1)Oc1ccc(/C=N/c2nc(-c3ccccc3)c(-c3ccccc3)s2)cc1. The normalized spacial score (nSPS) is 10.9. The molecule has 6 heteroatoms. The van der Waals surface area contributed by atoms with E-state index in [-0.39, 0.29) is 6.61 Å². The zero-order valence-electron chi connectivity index (χ0n) is 19.3. The predicted octanol–water partition coefficient (Wildman–Crippen LogP) is 7.21. The summed E-state index contributed by atoms with van der Waals surface area (Å²) in [5.74, 6) is 0.597. The fourth-order valence-electron chi connectivity index (χ4n) is 3.51. The van der Waals surface area contributed by atoms with E-state index in [0.717, 1.165) is 27.3 Å². The van der Waals surface area contributed by atoms with Crippen LogP contribution in [0.3, 0.4) is 0 Å². The Morgan fingerprint density at radius 1 is 0.750 bits per heavy atom. The zero-order valence-corrected chi connectivity index (χ0v) is 20.1. The molecule has 0 atom stereocenters. The van der Waals surface area contributed by atoms with Crippen LogP contribution in [0.2, 0.25) is 0 Å².